The highest BCUT2D eigenvalue weighted by Gasteiger charge is 2.20. The Kier molecular flexibility index (Phi) is 9.26. The first-order valence-electron chi connectivity index (χ1n) is 23.7. The van der Waals surface area contributed by atoms with Crippen LogP contribution in [0.15, 0.2) is 243 Å². The molecule has 70 heavy (non-hydrogen) atoms. The van der Waals surface area contributed by atoms with E-state index in [1.54, 1.807) is 0 Å². The van der Waals surface area contributed by atoms with E-state index in [9.17, 15) is 0 Å². The summed E-state index contributed by atoms with van der Waals surface area (Å²) in [6.45, 7) is 0. The third-order valence-electron chi connectivity index (χ3n) is 14.2. The highest BCUT2D eigenvalue weighted by Crippen LogP contribution is 2.47. The first-order chi connectivity index (χ1) is 34.6. The normalized spacial score (nSPS) is 11.8. The van der Waals surface area contributed by atoms with Gasteiger partial charge in [0.25, 0.3) is 0 Å². The molecule has 4 heteroatoms. The number of benzene rings is 11. The molecule has 14 rings (SSSR count). The number of pyridine rings is 2. The van der Waals surface area contributed by atoms with Gasteiger partial charge in [0, 0.05) is 38.8 Å². The Morgan fingerprint density at radius 1 is 0.343 bits per heavy atom. The fourth-order valence-corrected chi connectivity index (χ4v) is 11.1. The van der Waals surface area contributed by atoms with Crippen LogP contribution in [0.3, 0.4) is 0 Å². The summed E-state index contributed by atoms with van der Waals surface area (Å²) in [6, 6.07) is 85.2. The Bertz CT molecular complexity index is 4440. The summed E-state index contributed by atoms with van der Waals surface area (Å²) in [5.74, 6) is 0. The van der Waals surface area contributed by atoms with E-state index in [-0.39, 0.29) is 0 Å². The van der Waals surface area contributed by atoms with Crippen molar-refractivity contribution in [1.82, 2.24) is 14.5 Å². The summed E-state index contributed by atoms with van der Waals surface area (Å²) in [7, 11) is 0. The van der Waals surface area contributed by atoms with Gasteiger partial charge in [0.2, 0.25) is 0 Å². The Hall–Kier alpha value is -8.89. The molecule has 0 fully saturated rings. The second-order valence-electron chi connectivity index (χ2n) is 18.3. The molecule has 0 amide bonds. The van der Waals surface area contributed by atoms with Crippen molar-refractivity contribution in [1.29, 1.82) is 0 Å². The second-order valence-corrected chi connectivity index (χ2v) is 18.7. The molecule has 3 heterocycles. The lowest BCUT2D eigenvalue weighted by atomic mass is 9.84. The zero-order valence-electron chi connectivity index (χ0n) is 37.8. The van der Waals surface area contributed by atoms with Gasteiger partial charge in [0.05, 0.1) is 27.8 Å². The summed E-state index contributed by atoms with van der Waals surface area (Å²) in [4.78, 5) is 10.2. The predicted octanol–water partition coefficient (Wildman–Crippen LogP) is 18.3. The van der Waals surface area contributed by atoms with E-state index < -0.39 is 0 Å². The summed E-state index contributed by atoms with van der Waals surface area (Å²) in [6.07, 6.45) is 1.92. The molecule has 0 aliphatic carbocycles. The van der Waals surface area contributed by atoms with Crippen LogP contribution >= 0.6 is 11.6 Å². The number of halogens is 1. The van der Waals surface area contributed by atoms with Crippen molar-refractivity contribution in [3.8, 4) is 61.5 Å². The highest BCUT2D eigenvalue weighted by atomic mass is 35.5. The molecule has 326 valence electrons. The quantitative estimate of drug-likeness (QED) is 0.156. The number of rotatable bonds is 6. The van der Waals surface area contributed by atoms with Gasteiger partial charge in [-0.15, -0.1) is 0 Å². The first kappa shape index (κ1) is 40.2. The smallest absolute Gasteiger partial charge is 0.0971 e. The van der Waals surface area contributed by atoms with Crippen molar-refractivity contribution >= 4 is 87.5 Å². The maximum atomic E-state index is 7.26. The van der Waals surface area contributed by atoms with Gasteiger partial charge in [-0.05, 0) is 161 Å². The van der Waals surface area contributed by atoms with Crippen LogP contribution in [-0.4, -0.2) is 14.5 Å². The van der Waals surface area contributed by atoms with Gasteiger partial charge in [-0.2, -0.15) is 0 Å². The second kappa shape index (κ2) is 16.1. The minimum absolute atomic E-state index is 0.688. The molecule has 14 aromatic rings. The van der Waals surface area contributed by atoms with Gasteiger partial charge in [-0.3, -0.25) is 4.98 Å². The maximum Gasteiger partial charge on any atom is 0.0971 e. The minimum atomic E-state index is 0.688. The Morgan fingerprint density at radius 3 is 1.63 bits per heavy atom. The summed E-state index contributed by atoms with van der Waals surface area (Å²) in [5.41, 5.74) is 16.0. The predicted molar refractivity (Wildman–Crippen MR) is 296 cm³/mol. The zero-order valence-corrected chi connectivity index (χ0v) is 38.6. The van der Waals surface area contributed by atoms with E-state index in [1.807, 2.05) is 30.5 Å². The number of hydrogen-bond acceptors (Lipinski definition) is 2. The van der Waals surface area contributed by atoms with Gasteiger partial charge < -0.3 is 4.57 Å². The molecule has 0 aliphatic rings. The molecule has 0 saturated heterocycles. The number of para-hydroxylation sites is 2. The molecule has 3 nitrogen and oxygen atoms in total. The van der Waals surface area contributed by atoms with Crippen LogP contribution < -0.4 is 0 Å². The third kappa shape index (κ3) is 6.58. The molecular weight excluding hydrogens is 870 g/mol. The van der Waals surface area contributed by atoms with Crippen molar-refractivity contribution < 1.29 is 0 Å². The standard InChI is InChI=1S/C66H40ClN3/c67-59-30-27-46(37-56(59)47-28-32-62-58(39-47)66-63(70(62)52-17-2-1-3-18-52)33-31-61(69-66)51-36-48-16-8-11-21-60(48)68-40-51)45-26-29-55-57(38-45)65(50-25-23-42-13-5-7-15-44(42)35-50)54-20-10-9-19-53(54)64(55)49-24-22-41-12-4-6-14-43(41)34-49/h1-40H. The van der Waals surface area contributed by atoms with Gasteiger partial charge in [-0.1, -0.05) is 169 Å². The lowest BCUT2D eigenvalue weighted by Crippen LogP contribution is -1.94. The molecule has 3 aromatic heterocycles. The fraction of sp³-hybridized carbons (Fsp3) is 0. The lowest BCUT2D eigenvalue weighted by Gasteiger charge is -2.19. The van der Waals surface area contributed by atoms with Crippen molar-refractivity contribution in [3.63, 3.8) is 0 Å². The van der Waals surface area contributed by atoms with Gasteiger partial charge in [-0.25, -0.2) is 4.98 Å². The van der Waals surface area contributed by atoms with Gasteiger partial charge >= 0.3 is 0 Å². The molecule has 0 atom stereocenters. The molecule has 0 aliphatic heterocycles. The van der Waals surface area contributed by atoms with Crippen LogP contribution in [0.4, 0.5) is 0 Å². The minimum Gasteiger partial charge on any atom is -0.308 e. The SMILES string of the molecule is Clc1ccc(-c2ccc3c(-c4ccc5ccccc5c4)c4ccccc4c(-c4ccc5ccccc5c4)c3c2)cc1-c1ccc2c(c1)c1nc(-c3cnc4ccccc4c3)ccc1n2-c1ccccc1. The average molecular weight is 911 g/mol. The van der Waals surface area contributed by atoms with Gasteiger partial charge in [0.1, 0.15) is 0 Å². The number of nitrogens with zero attached hydrogens (tertiary/aromatic N) is 3. The summed E-state index contributed by atoms with van der Waals surface area (Å²) in [5, 5.41) is 12.6. The maximum absolute atomic E-state index is 7.26. The summed E-state index contributed by atoms with van der Waals surface area (Å²) < 4.78 is 2.31. The zero-order chi connectivity index (χ0) is 46.3. The molecule has 0 spiro atoms. The van der Waals surface area contributed by atoms with Crippen LogP contribution in [0.2, 0.25) is 5.02 Å². The molecule has 11 aromatic carbocycles. The number of fused-ring (bicyclic) bond motifs is 8. The van der Waals surface area contributed by atoms with Crippen LogP contribution in [0.1, 0.15) is 0 Å². The highest BCUT2D eigenvalue weighted by molar-refractivity contribution is 6.33. The monoisotopic (exact) mass is 909 g/mol. The van der Waals surface area contributed by atoms with E-state index in [0.29, 0.717) is 5.02 Å². The van der Waals surface area contributed by atoms with Crippen molar-refractivity contribution in [3.05, 3.63) is 248 Å². The Morgan fingerprint density at radius 2 is 0.886 bits per heavy atom. The Labute approximate surface area is 409 Å². The lowest BCUT2D eigenvalue weighted by molar-refractivity contribution is 1.18. The average Bonchev–Trinajstić information content (AvgIpc) is 3.75. The molecule has 0 bridgehead atoms. The van der Waals surface area contributed by atoms with Gasteiger partial charge in [0.15, 0.2) is 0 Å². The van der Waals surface area contributed by atoms with E-state index in [0.717, 1.165) is 72.0 Å². The number of hydrogen-bond donors (Lipinski definition) is 0. The Balaban J connectivity index is 0.962. The van der Waals surface area contributed by atoms with E-state index in [2.05, 4.69) is 217 Å². The topological polar surface area (TPSA) is 30.7 Å². The van der Waals surface area contributed by atoms with Crippen LogP contribution in [0, 0.1) is 0 Å². The van der Waals surface area contributed by atoms with Crippen molar-refractivity contribution in [2.24, 2.45) is 0 Å². The van der Waals surface area contributed by atoms with Crippen LogP contribution in [0.5, 0.6) is 0 Å². The van der Waals surface area contributed by atoms with Crippen LogP contribution in [-0.2, 0) is 0 Å². The van der Waals surface area contributed by atoms with Crippen LogP contribution in [0.25, 0.3) is 137 Å². The fourth-order valence-electron chi connectivity index (χ4n) is 10.9. The van der Waals surface area contributed by atoms with E-state index in [4.69, 9.17) is 21.6 Å². The van der Waals surface area contributed by atoms with Crippen molar-refractivity contribution in [2.75, 3.05) is 0 Å². The summed E-state index contributed by atoms with van der Waals surface area (Å²) >= 11 is 7.26. The molecule has 0 unspecified atom stereocenters. The molecule has 0 N–H and O–H groups in total. The van der Waals surface area contributed by atoms with Crippen molar-refractivity contribution in [2.45, 2.75) is 0 Å². The largest absolute Gasteiger partial charge is 0.308 e. The number of aromatic nitrogens is 3. The first-order valence-corrected chi connectivity index (χ1v) is 24.1. The van der Waals surface area contributed by atoms with E-state index >= 15 is 0 Å². The molecular formula is C66H40ClN3. The van der Waals surface area contributed by atoms with E-state index in [1.165, 1.54) is 65.3 Å². The molecule has 0 saturated carbocycles. The molecule has 0 radical (unpaired) electrons. The third-order valence-corrected chi connectivity index (χ3v) is 14.5.